The summed E-state index contributed by atoms with van der Waals surface area (Å²) < 4.78 is 1.77. The van der Waals surface area contributed by atoms with Crippen LogP contribution < -0.4 is 10.9 Å². The van der Waals surface area contributed by atoms with Crippen molar-refractivity contribution in [3.8, 4) is 5.69 Å². The van der Waals surface area contributed by atoms with Crippen LogP contribution in [0.1, 0.15) is 45.4 Å². The predicted octanol–water partition coefficient (Wildman–Crippen LogP) is 4.02. The normalized spacial score (nSPS) is 10.7. The Balaban J connectivity index is 1.67. The van der Waals surface area contributed by atoms with Crippen molar-refractivity contribution in [3.05, 3.63) is 81.1 Å². The fourth-order valence-electron chi connectivity index (χ4n) is 3.19. The maximum Gasteiger partial charge on any atom is 0.269 e. The first-order valence-corrected chi connectivity index (χ1v) is 10.2. The van der Waals surface area contributed by atoms with E-state index in [-0.39, 0.29) is 18.2 Å². The van der Waals surface area contributed by atoms with E-state index in [2.05, 4.69) is 22.9 Å². The first-order chi connectivity index (χ1) is 14.3. The van der Waals surface area contributed by atoms with Crippen molar-refractivity contribution in [3.63, 3.8) is 0 Å². The molecule has 2 aromatic carbocycles. The number of carbonyl (C=O) groups is 2. The van der Waals surface area contributed by atoms with Crippen LogP contribution >= 0.6 is 11.6 Å². The van der Waals surface area contributed by atoms with Crippen LogP contribution in [0.4, 0.5) is 0 Å². The molecule has 3 aromatic rings. The van der Waals surface area contributed by atoms with Gasteiger partial charge >= 0.3 is 0 Å². The first-order valence-electron chi connectivity index (χ1n) is 9.80. The van der Waals surface area contributed by atoms with Crippen LogP contribution in [0.5, 0.6) is 0 Å². The van der Waals surface area contributed by atoms with Crippen molar-refractivity contribution in [1.29, 1.82) is 0 Å². The summed E-state index contributed by atoms with van der Waals surface area (Å²) in [6.45, 7) is 7.75. The molecule has 0 unspecified atom stereocenters. The number of halogens is 1. The lowest BCUT2D eigenvalue weighted by atomic mass is 10.1. The molecule has 30 heavy (non-hydrogen) atoms. The van der Waals surface area contributed by atoms with Gasteiger partial charge in [-0.1, -0.05) is 36.7 Å². The Hall–Kier alpha value is -3.12. The highest BCUT2D eigenvalue weighted by atomic mass is 35.5. The standard InChI is InChI=1S/C23H25ClN4O2/c1-5-17-7-9-18(10-8-17)23(30)26-25-22(29)13-20-15(3)27-28(16(20)4)19-11-6-14(2)21(24)12-19/h6-12H,5,13H2,1-4H3,(H,25,29)(H,26,30). The number of hydrogen-bond donors (Lipinski definition) is 2. The SMILES string of the molecule is CCc1ccc(C(=O)NNC(=O)Cc2c(C)nn(-c3ccc(C)c(Cl)c3)c2C)cc1. The predicted molar refractivity (Wildman–Crippen MR) is 118 cm³/mol. The highest BCUT2D eigenvalue weighted by Gasteiger charge is 2.17. The number of benzene rings is 2. The summed E-state index contributed by atoms with van der Waals surface area (Å²) in [5, 5.41) is 5.22. The smallest absolute Gasteiger partial charge is 0.269 e. The maximum absolute atomic E-state index is 12.4. The van der Waals surface area contributed by atoms with E-state index in [4.69, 9.17) is 11.6 Å². The van der Waals surface area contributed by atoms with E-state index in [9.17, 15) is 9.59 Å². The summed E-state index contributed by atoms with van der Waals surface area (Å²) in [6, 6.07) is 13.0. The molecule has 0 fully saturated rings. The molecule has 0 saturated heterocycles. The Morgan fingerprint density at radius 1 is 1.03 bits per heavy atom. The molecule has 156 valence electrons. The Bertz CT molecular complexity index is 1090. The molecule has 0 aliphatic rings. The molecule has 0 saturated carbocycles. The third-order valence-corrected chi connectivity index (χ3v) is 5.53. The topological polar surface area (TPSA) is 76.0 Å². The van der Waals surface area contributed by atoms with E-state index in [0.29, 0.717) is 10.6 Å². The number of hydrogen-bond acceptors (Lipinski definition) is 3. The fourth-order valence-corrected chi connectivity index (χ4v) is 3.37. The summed E-state index contributed by atoms with van der Waals surface area (Å²) in [5.41, 5.74) is 10.8. The van der Waals surface area contributed by atoms with Gasteiger partial charge in [0.05, 0.1) is 17.8 Å². The molecule has 0 spiro atoms. The lowest BCUT2D eigenvalue weighted by Crippen LogP contribution is -2.42. The van der Waals surface area contributed by atoms with Gasteiger partial charge in [0.2, 0.25) is 5.91 Å². The van der Waals surface area contributed by atoms with Gasteiger partial charge in [-0.15, -0.1) is 0 Å². The highest BCUT2D eigenvalue weighted by Crippen LogP contribution is 2.23. The summed E-state index contributed by atoms with van der Waals surface area (Å²) in [6.07, 6.45) is 1.01. The molecule has 7 heteroatoms. The van der Waals surface area contributed by atoms with Crippen molar-refractivity contribution >= 4 is 23.4 Å². The van der Waals surface area contributed by atoms with E-state index in [1.165, 1.54) is 0 Å². The van der Waals surface area contributed by atoms with Gasteiger partial charge in [-0.05, 0) is 62.6 Å². The number of rotatable bonds is 5. The van der Waals surface area contributed by atoms with Crippen molar-refractivity contribution < 1.29 is 9.59 Å². The average molecular weight is 425 g/mol. The van der Waals surface area contributed by atoms with Gasteiger partial charge in [0, 0.05) is 21.8 Å². The minimum absolute atomic E-state index is 0.103. The second-order valence-corrected chi connectivity index (χ2v) is 7.63. The fraction of sp³-hybridized carbons (Fsp3) is 0.261. The highest BCUT2D eigenvalue weighted by molar-refractivity contribution is 6.31. The van der Waals surface area contributed by atoms with E-state index < -0.39 is 0 Å². The lowest BCUT2D eigenvalue weighted by Gasteiger charge is -2.09. The molecule has 2 N–H and O–H groups in total. The van der Waals surface area contributed by atoms with E-state index in [1.807, 2.05) is 51.1 Å². The third kappa shape index (κ3) is 4.71. The monoisotopic (exact) mass is 424 g/mol. The molecule has 0 aliphatic carbocycles. The average Bonchev–Trinajstić information content (AvgIpc) is 3.02. The molecule has 1 aromatic heterocycles. The Labute approximate surface area is 181 Å². The Kier molecular flexibility index (Phi) is 6.57. The number of aromatic nitrogens is 2. The van der Waals surface area contributed by atoms with Crippen LogP contribution in [0.25, 0.3) is 5.69 Å². The van der Waals surface area contributed by atoms with Crippen molar-refractivity contribution in [1.82, 2.24) is 20.6 Å². The number of aryl methyl sites for hydroxylation is 3. The molecule has 6 nitrogen and oxygen atoms in total. The minimum atomic E-state index is -0.357. The van der Waals surface area contributed by atoms with E-state index in [0.717, 1.165) is 40.2 Å². The van der Waals surface area contributed by atoms with Gasteiger partial charge < -0.3 is 0 Å². The number of nitrogens with zero attached hydrogens (tertiary/aromatic N) is 2. The van der Waals surface area contributed by atoms with Crippen molar-refractivity contribution in [2.75, 3.05) is 0 Å². The zero-order valence-corrected chi connectivity index (χ0v) is 18.3. The van der Waals surface area contributed by atoms with Gasteiger partial charge in [-0.3, -0.25) is 20.4 Å². The van der Waals surface area contributed by atoms with Gasteiger partial charge in [-0.25, -0.2) is 4.68 Å². The summed E-state index contributed by atoms with van der Waals surface area (Å²) in [4.78, 5) is 24.6. The van der Waals surface area contributed by atoms with Gasteiger partial charge in [0.1, 0.15) is 0 Å². The van der Waals surface area contributed by atoms with Gasteiger partial charge in [0.15, 0.2) is 0 Å². The molecule has 0 atom stereocenters. The first kappa shape index (κ1) is 21.6. The molecule has 0 radical (unpaired) electrons. The maximum atomic E-state index is 12.4. The molecule has 1 heterocycles. The minimum Gasteiger partial charge on any atom is -0.273 e. The molecule has 0 bridgehead atoms. The second kappa shape index (κ2) is 9.13. The number of amides is 2. The molecule has 2 amide bonds. The zero-order valence-electron chi connectivity index (χ0n) is 17.5. The van der Waals surface area contributed by atoms with Crippen molar-refractivity contribution in [2.45, 2.75) is 40.5 Å². The van der Waals surface area contributed by atoms with Crippen LogP contribution in [0.2, 0.25) is 5.02 Å². The van der Waals surface area contributed by atoms with Crippen LogP contribution in [-0.4, -0.2) is 21.6 Å². The number of hydrazine groups is 1. The van der Waals surface area contributed by atoms with Crippen LogP contribution in [-0.2, 0) is 17.6 Å². The molecule has 3 rings (SSSR count). The van der Waals surface area contributed by atoms with Crippen LogP contribution in [0.15, 0.2) is 42.5 Å². The molecule has 0 aliphatic heterocycles. The number of carbonyl (C=O) groups excluding carboxylic acids is 2. The zero-order chi connectivity index (χ0) is 21.8. The van der Waals surface area contributed by atoms with Gasteiger partial charge in [0.25, 0.3) is 5.91 Å². The third-order valence-electron chi connectivity index (χ3n) is 5.12. The molecular weight excluding hydrogens is 400 g/mol. The van der Waals surface area contributed by atoms with E-state index >= 15 is 0 Å². The van der Waals surface area contributed by atoms with E-state index in [1.54, 1.807) is 16.8 Å². The van der Waals surface area contributed by atoms with Crippen LogP contribution in [0, 0.1) is 20.8 Å². The largest absolute Gasteiger partial charge is 0.273 e. The lowest BCUT2D eigenvalue weighted by molar-refractivity contribution is -0.121. The van der Waals surface area contributed by atoms with Crippen LogP contribution in [0.3, 0.4) is 0 Å². The summed E-state index contributed by atoms with van der Waals surface area (Å²) in [5.74, 6) is -0.675. The second-order valence-electron chi connectivity index (χ2n) is 7.22. The quantitative estimate of drug-likeness (QED) is 0.607. The summed E-state index contributed by atoms with van der Waals surface area (Å²) in [7, 11) is 0. The molecular formula is C23H25ClN4O2. The van der Waals surface area contributed by atoms with Crippen molar-refractivity contribution in [2.24, 2.45) is 0 Å². The number of nitrogens with one attached hydrogen (secondary N) is 2. The summed E-state index contributed by atoms with van der Waals surface area (Å²) >= 11 is 6.24. The van der Waals surface area contributed by atoms with Gasteiger partial charge in [-0.2, -0.15) is 5.10 Å². The Morgan fingerprint density at radius 3 is 2.37 bits per heavy atom. The Morgan fingerprint density at radius 2 is 1.73 bits per heavy atom.